The summed E-state index contributed by atoms with van der Waals surface area (Å²) in [4.78, 5) is 25.9. The van der Waals surface area contributed by atoms with E-state index < -0.39 is 0 Å². The second-order valence-electron chi connectivity index (χ2n) is 6.64. The highest BCUT2D eigenvalue weighted by Gasteiger charge is 2.38. The van der Waals surface area contributed by atoms with E-state index in [1.165, 1.54) is 0 Å². The summed E-state index contributed by atoms with van der Waals surface area (Å²) in [6.45, 7) is 0.609. The van der Waals surface area contributed by atoms with E-state index in [4.69, 9.17) is 4.52 Å². The number of nitrogens with zero attached hydrogens (tertiary/aromatic N) is 2. The van der Waals surface area contributed by atoms with Crippen LogP contribution in [0, 0.1) is 0 Å². The minimum absolute atomic E-state index is 0.00816. The van der Waals surface area contributed by atoms with Crippen LogP contribution in [0.5, 0.6) is 0 Å². The van der Waals surface area contributed by atoms with Gasteiger partial charge >= 0.3 is 0 Å². The lowest BCUT2D eigenvalue weighted by atomic mass is 9.87. The summed E-state index contributed by atoms with van der Waals surface area (Å²) in [7, 11) is 0. The first-order chi connectivity index (χ1) is 13.7. The van der Waals surface area contributed by atoms with Crippen molar-refractivity contribution >= 4 is 11.6 Å². The Kier molecular flexibility index (Phi) is 3.72. The Hall–Kier alpha value is -3.86. The van der Waals surface area contributed by atoms with Crippen LogP contribution < -0.4 is 4.57 Å². The molecule has 0 saturated carbocycles. The second kappa shape index (κ2) is 6.39. The molecule has 0 spiro atoms. The Bertz CT molecular complexity index is 1230. The van der Waals surface area contributed by atoms with Gasteiger partial charge in [-0.2, -0.15) is 4.57 Å². The van der Waals surface area contributed by atoms with E-state index in [1.54, 1.807) is 24.3 Å². The van der Waals surface area contributed by atoms with Gasteiger partial charge in [0.25, 0.3) is 0 Å². The number of hydrogen-bond acceptors (Lipinski definition) is 4. The van der Waals surface area contributed by atoms with Crippen molar-refractivity contribution in [1.82, 2.24) is 5.16 Å². The smallest absolute Gasteiger partial charge is 0.235 e. The van der Waals surface area contributed by atoms with Gasteiger partial charge in [-0.3, -0.25) is 9.59 Å². The lowest BCUT2D eigenvalue weighted by molar-refractivity contribution is -0.677. The molecule has 1 aliphatic rings. The van der Waals surface area contributed by atoms with Gasteiger partial charge < -0.3 is 4.52 Å². The summed E-state index contributed by atoms with van der Waals surface area (Å²) in [5, 5.41) is 4.12. The standard InChI is InChI=1S/C23H15N2O3/c26-21-16-10-4-5-11-17(16)22(27)23-19(21)20(24-28-23)18-12-6-7-13-25(18)14-15-8-2-1-3-9-15/h1-13H,14H2/q+1. The maximum Gasteiger partial charge on any atom is 0.235 e. The van der Waals surface area contributed by atoms with Crippen LogP contribution in [0.3, 0.4) is 0 Å². The summed E-state index contributed by atoms with van der Waals surface area (Å²) >= 11 is 0. The van der Waals surface area contributed by atoms with Crippen LogP contribution in [-0.4, -0.2) is 16.7 Å². The van der Waals surface area contributed by atoms with Crippen molar-refractivity contribution in [3.63, 3.8) is 0 Å². The number of hydrogen-bond donors (Lipinski definition) is 0. The van der Waals surface area contributed by atoms with Gasteiger partial charge in [0.05, 0.1) is 0 Å². The van der Waals surface area contributed by atoms with Crippen molar-refractivity contribution in [3.8, 4) is 11.4 Å². The number of pyridine rings is 1. The zero-order chi connectivity index (χ0) is 19.1. The monoisotopic (exact) mass is 367 g/mol. The van der Waals surface area contributed by atoms with Crippen molar-refractivity contribution in [2.75, 3.05) is 0 Å². The van der Waals surface area contributed by atoms with Crippen molar-refractivity contribution in [3.05, 3.63) is 107 Å². The number of benzene rings is 2. The Morgan fingerprint density at radius 2 is 1.46 bits per heavy atom. The van der Waals surface area contributed by atoms with Crippen LogP contribution >= 0.6 is 0 Å². The quantitative estimate of drug-likeness (QED) is 0.458. The molecule has 0 radical (unpaired) electrons. The molecule has 4 aromatic rings. The van der Waals surface area contributed by atoms with Gasteiger partial charge in [0.2, 0.25) is 17.2 Å². The second-order valence-corrected chi connectivity index (χ2v) is 6.64. The molecule has 0 amide bonds. The normalized spacial score (nSPS) is 12.6. The fourth-order valence-corrected chi connectivity index (χ4v) is 3.58. The van der Waals surface area contributed by atoms with Gasteiger partial charge in [-0.15, -0.1) is 0 Å². The van der Waals surface area contributed by atoms with E-state index in [9.17, 15) is 9.59 Å². The van der Waals surface area contributed by atoms with Crippen molar-refractivity contribution in [2.24, 2.45) is 0 Å². The van der Waals surface area contributed by atoms with E-state index in [0.29, 0.717) is 23.4 Å². The lowest BCUT2D eigenvalue weighted by Gasteiger charge is -2.12. The van der Waals surface area contributed by atoms with Crippen LogP contribution in [0.1, 0.15) is 37.6 Å². The van der Waals surface area contributed by atoms with Crippen molar-refractivity contribution < 1.29 is 18.7 Å². The van der Waals surface area contributed by atoms with Gasteiger partial charge in [-0.05, 0) is 6.07 Å². The van der Waals surface area contributed by atoms with E-state index in [2.05, 4.69) is 5.16 Å². The fraction of sp³-hybridized carbons (Fsp3) is 0.0435. The van der Waals surface area contributed by atoms with E-state index in [-0.39, 0.29) is 22.9 Å². The molecule has 0 unspecified atom stereocenters. The molecule has 2 aromatic carbocycles. The van der Waals surface area contributed by atoms with Crippen LogP contribution in [-0.2, 0) is 6.54 Å². The van der Waals surface area contributed by atoms with Gasteiger partial charge in [0.1, 0.15) is 5.56 Å². The highest BCUT2D eigenvalue weighted by atomic mass is 16.5. The summed E-state index contributed by atoms with van der Waals surface area (Å²) in [5.41, 5.74) is 3.20. The van der Waals surface area contributed by atoms with Crippen molar-refractivity contribution in [1.29, 1.82) is 0 Å². The maximum absolute atomic E-state index is 13.1. The number of aromatic nitrogens is 2. The SMILES string of the molecule is O=C1c2ccccc2C(=O)c2c(-c3cccc[n+]3Cc3ccccc3)noc21. The topological polar surface area (TPSA) is 64.1 Å². The Morgan fingerprint density at radius 3 is 2.25 bits per heavy atom. The summed E-state index contributed by atoms with van der Waals surface area (Å²) in [6.07, 6.45) is 1.92. The van der Waals surface area contributed by atoms with Gasteiger partial charge in [-0.25, -0.2) is 0 Å². The molecule has 5 heteroatoms. The molecule has 0 aliphatic heterocycles. The minimum Gasteiger partial charge on any atom is -0.351 e. The van der Waals surface area contributed by atoms with Crippen LogP contribution in [0.25, 0.3) is 11.4 Å². The Balaban J connectivity index is 1.65. The highest BCUT2D eigenvalue weighted by molar-refractivity contribution is 6.28. The molecular formula is C23H15N2O3+. The average Bonchev–Trinajstić information content (AvgIpc) is 3.19. The van der Waals surface area contributed by atoms with Crippen LogP contribution in [0.15, 0.2) is 83.5 Å². The number of carbonyl (C=O) groups is 2. The molecule has 5 nitrogen and oxygen atoms in total. The first-order valence-electron chi connectivity index (χ1n) is 8.95. The third kappa shape index (κ3) is 2.48. The third-order valence-corrected chi connectivity index (χ3v) is 4.92. The van der Waals surface area contributed by atoms with E-state index in [1.807, 2.05) is 59.3 Å². The van der Waals surface area contributed by atoms with E-state index in [0.717, 1.165) is 11.3 Å². The van der Waals surface area contributed by atoms with Crippen LogP contribution in [0.2, 0.25) is 0 Å². The molecule has 0 N–H and O–H groups in total. The summed E-state index contributed by atoms with van der Waals surface area (Å²) in [6, 6.07) is 22.5. The van der Waals surface area contributed by atoms with Gasteiger partial charge in [-0.1, -0.05) is 59.8 Å². The summed E-state index contributed by atoms with van der Waals surface area (Å²) < 4.78 is 7.34. The molecule has 1 aliphatic carbocycles. The first kappa shape index (κ1) is 16.3. The zero-order valence-electron chi connectivity index (χ0n) is 14.8. The first-order valence-corrected chi connectivity index (χ1v) is 8.95. The highest BCUT2D eigenvalue weighted by Crippen LogP contribution is 2.33. The molecule has 134 valence electrons. The molecule has 5 rings (SSSR count). The number of carbonyl (C=O) groups excluding carboxylic acids is 2. The van der Waals surface area contributed by atoms with E-state index >= 15 is 0 Å². The van der Waals surface area contributed by atoms with Crippen LogP contribution in [0.4, 0.5) is 0 Å². The molecule has 2 aromatic heterocycles. The van der Waals surface area contributed by atoms with Gasteiger partial charge in [0, 0.05) is 28.8 Å². The predicted molar refractivity (Wildman–Crippen MR) is 101 cm³/mol. The maximum atomic E-state index is 13.1. The molecule has 0 fully saturated rings. The lowest BCUT2D eigenvalue weighted by Crippen LogP contribution is -2.36. The number of ketones is 2. The van der Waals surface area contributed by atoms with Crippen molar-refractivity contribution in [2.45, 2.75) is 6.54 Å². The molecule has 0 saturated heterocycles. The molecule has 0 bridgehead atoms. The molecule has 2 heterocycles. The minimum atomic E-state index is -0.311. The Labute approximate surface area is 160 Å². The molecule has 28 heavy (non-hydrogen) atoms. The molecular weight excluding hydrogens is 352 g/mol. The average molecular weight is 367 g/mol. The third-order valence-electron chi connectivity index (χ3n) is 4.92. The number of rotatable bonds is 3. The summed E-state index contributed by atoms with van der Waals surface area (Å²) in [5.74, 6) is -0.542. The fourth-order valence-electron chi connectivity index (χ4n) is 3.58. The number of fused-ring (bicyclic) bond motifs is 2. The predicted octanol–water partition coefficient (Wildman–Crippen LogP) is 3.45. The largest absolute Gasteiger partial charge is 0.351 e. The Morgan fingerprint density at radius 1 is 0.786 bits per heavy atom. The zero-order valence-corrected chi connectivity index (χ0v) is 14.8. The molecule has 0 atom stereocenters. The van der Waals surface area contributed by atoms with Gasteiger partial charge in [0.15, 0.2) is 24.2 Å².